The third-order valence-electron chi connectivity index (χ3n) is 7.16. The van der Waals surface area contributed by atoms with Crippen LogP contribution in [0.1, 0.15) is 46.0 Å². The van der Waals surface area contributed by atoms with Crippen LogP contribution in [0.25, 0.3) is 0 Å². The normalized spacial score (nSPS) is 16.4. The molecule has 0 aliphatic carbocycles. The van der Waals surface area contributed by atoms with Gasteiger partial charge in [0.05, 0.1) is 0 Å². The maximum absolute atomic E-state index is 14.2. The largest absolute Gasteiger partial charge is 0.460 e. The summed E-state index contributed by atoms with van der Waals surface area (Å²) >= 11 is 0. The average Bonchev–Trinajstić information content (AvgIpc) is 2.94. The monoisotopic (exact) mass is 825 g/mol. The van der Waals surface area contributed by atoms with Crippen LogP contribution in [-0.2, 0) is 0 Å². The third-order valence-corrected chi connectivity index (χ3v) is 7.16. The smallest absolute Gasteiger partial charge is 0.303 e. The minimum atomic E-state index is -9.75. The first-order valence-electron chi connectivity index (χ1n) is 13.3. The standard InChI is InChI=1S/C23H22F27N/c1-3-5-8-51(9-6-4-2)10-7-11(24,25)12(26,27)13(28,29)14(30,31)15(32,33)16(34,35)17(36,37)18(38,39)19(40,41)20(42,43)21(44,45)22(46,47)23(48,49)50/h3-10H2,1-2H3. The Bertz CT molecular complexity index is 1140. The van der Waals surface area contributed by atoms with Crippen LogP contribution < -0.4 is 0 Å². The lowest BCUT2D eigenvalue weighted by molar-refractivity contribution is -0.485. The molecule has 1 nitrogen and oxygen atoms in total. The quantitative estimate of drug-likeness (QED) is 0.111. The Hall–Kier alpha value is -1.93. The molecule has 0 saturated carbocycles. The highest BCUT2D eigenvalue weighted by Crippen LogP contribution is 2.68. The first-order valence-corrected chi connectivity index (χ1v) is 13.3. The van der Waals surface area contributed by atoms with Crippen LogP contribution in [0.3, 0.4) is 0 Å². The van der Waals surface area contributed by atoms with E-state index in [1.807, 2.05) is 0 Å². The van der Waals surface area contributed by atoms with E-state index in [0.717, 1.165) is 4.90 Å². The molecule has 0 amide bonds. The first-order chi connectivity index (χ1) is 22.0. The number of alkyl halides is 27. The molecule has 0 bridgehead atoms. The van der Waals surface area contributed by atoms with E-state index in [4.69, 9.17) is 0 Å². The van der Waals surface area contributed by atoms with E-state index in [2.05, 4.69) is 0 Å². The summed E-state index contributed by atoms with van der Waals surface area (Å²) in [6.07, 6.45) is -10.4. The van der Waals surface area contributed by atoms with Gasteiger partial charge in [-0.1, -0.05) is 26.7 Å². The lowest BCUT2D eigenvalue weighted by Crippen LogP contribution is -2.78. The lowest BCUT2D eigenvalue weighted by Gasteiger charge is -2.46. The summed E-state index contributed by atoms with van der Waals surface area (Å²) in [4.78, 5) is 0.780. The molecule has 0 saturated heterocycles. The molecule has 0 N–H and O–H groups in total. The molecule has 0 aromatic rings. The number of hydrogen-bond donors (Lipinski definition) is 0. The molecule has 51 heavy (non-hydrogen) atoms. The van der Waals surface area contributed by atoms with Crippen molar-refractivity contribution in [3.63, 3.8) is 0 Å². The number of hydrogen-bond acceptors (Lipinski definition) is 1. The predicted molar refractivity (Wildman–Crippen MR) is 116 cm³/mol. The predicted octanol–water partition coefficient (Wildman–Crippen LogP) is 11.5. The zero-order chi connectivity index (χ0) is 41.7. The summed E-state index contributed by atoms with van der Waals surface area (Å²) in [5.74, 6) is -109. The van der Waals surface area contributed by atoms with E-state index in [-0.39, 0.29) is 38.8 Å². The summed E-state index contributed by atoms with van der Waals surface area (Å²) < 4.78 is 368. The van der Waals surface area contributed by atoms with Crippen LogP contribution in [0.15, 0.2) is 0 Å². The van der Waals surface area contributed by atoms with Gasteiger partial charge in [0.25, 0.3) is 0 Å². The van der Waals surface area contributed by atoms with Gasteiger partial charge in [-0.15, -0.1) is 0 Å². The molecule has 0 aromatic carbocycles. The number of unbranched alkanes of at least 4 members (excludes halogenated alkanes) is 2. The second-order valence-electron chi connectivity index (χ2n) is 10.8. The van der Waals surface area contributed by atoms with Crippen LogP contribution in [0.5, 0.6) is 0 Å². The molecule has 0 heterocycles. The molecule has 0 radical (unpaired) electrons. The van der Waals surface area contributed by atoms with Crippen molar-refractivity contribution in [2.24, 2.45) is 0 Å². The van der Waals surface area contributed by atoms with E-state index in [1.54, 1.807) is 0 Å². The Morgan fingerprint density at radius 2 is 0.510 bits per heavy atom. The highest BCUT2D eigenvalue weighted by Gasteiger charge is 3.00. The zero-order valence-electron chi connectivity index (χ0n) is 24.8. The molecular formula is C23H22F27N. The SMILES string of the molecule is CCCCN(CCCC)CCC(F)(F)C(F)(F)C(F)(F)C(F)(F)C(F)(F)C(F)(F)C(F)(F)C(F)(F)C(F)(F)C(F)(F)C(F)(F)C(F)(F)C(F)(F)F. The van der Waals surface area contributed by atoms with Crippen molar-refractivity contribution in [2.45, 2.75) is 123 Å². The summed E-state index contributed by atoms with van der Waals surface area (Å²) in [5.41, 5.74) is 0. The Morgan fingerprint density at radius 3 is 0.725 bits per heavy atom. The highest BCUT2D eigenvalue weighted by atomic mass is 19.4. The summed E-state index contributed by atoms with van der Waals surface area (Å²) in [6.45, 7) is 0.825. The minimum Gasteiger partial charge on any atom is -0.303 e. The van der Waals surface area contributed by atoms with Gasteiger partial charge in [-0.25, -0.2) is 0 Å². The van der Waals surface area contributed by atoms with Crippen LogP contribution in [-0.4, -0.2) is 102 Å². The topological polar surface area (TPSA) is 3.24 Å². The number of halogens is 27. The Morgan fingerprint density at radius 1 is 0.294 bits per heavy atom. The van der Waals surface area contributed by atoms with Gasteiger partial charge < -0.3 is 4.90 Å². The molecular weight excluding hydrogens is 803 g/mol. The fourth-order valence-corrected chi connectivity index (χ4v) is 3.74. The van der Waals surface area contributed by atoms with Crippen molar-refractivity contribution in [3.8, 4) is 0 Å². The van der Waals surface area contributed by atoms with Gasteiger partial charge in [0, 0.05) is 13.0 Å². The van der Waals surface area contributed by atoms with Crippen molar-refractivity contribution < 1.29 is 119 Å². The van der Waals surface area contributed by atoms with Crippen LogP contribution in [0.2, 0.25) is 0 Å². The van der Waals surface area contributed by atoms with Gasteiger partial charge in [0.1, 0.15) is 0 Å². The van der Waals surface area contributed by atoms with Crippen molar-refractivity contribution in [1.29, 1.82) is 0 Å². The summed E-state index contributed by atoms with van der Waals surface area (Å²) in [5, 5.41) is 0. The van der Waals surface area contributed by atoms with Gasteiger partial charge in [-0.3, -0.25) is 0 Å². The second kappa shape index (κ2) is 14.0. The summed E-state index contributed by atoms with van der Waals surface area (Å²) in [6, 6.07) is 0. The van der Waals surface area contributed by atoms with E-state index in [0.29, 0.717) is 0 Å². The second-order valence-corrected chi connectivity index (χ2v) is 10.8. The van der Waals surface area contributed by atoms with Crippen LogP contribution >= 0.6 is 0 Å². The van der Waals surface area contributed by atoms with E-state index >= 15 is 0 Å². The average molecular weight is 825 g/mol. The lowest BCUT2D eigenvalue weighted by atomic mass is 9.83. The van der Waals surface area contributed by atoms with E-state index in [9.17, 15) is 119 Å². The molecule has 0 aliphatic heterocycles. The highest BCUT2D eigenvalue weighted by molar-refractivity contribution is 5.20. The molecule has 308 valence electrons. The Balaban J connectivity index is 7.18. The molecule has 0 rings (SSSR count). The Labute approximate surface area is 267 Å². The fraction of sp³-hybridized carbons (Fsp3) is 1.00. The van der Waals surface area contributed by atoms with Gasteiger partial charge in [-0.2, -0.15) is 119 Å². The van der Waals surface area contributed by atoms with Crippen molar-refractivity contribution in [3.05, 3.63) is 0 Å². The maximum atomic E-state index is 14.2. The van der Waals surface area contributed by atoms with Crippen molar-refractivity contribution in [2.75, 3.05) is 19.6 Å². The van der Waals surface area contributed by atoms with Crippen molar-refractivity contribution in [1.82, 2.24) is 4.90 Å². The molecule has 28 heteroatoms. The molecule has 0 fully saturated rings. The Kier molecular flexibility index (Phi) is 13.5. The van der Waals surface area contributed by atoms with E-state index < -0.39 is 90.2 Å². The van der Waals surface area contributed by atoms with Gasteiger partial charge in [-0.05, 0) is 25.9 Å². The van der Waals surface area contributed by atoms with Crippen LogP contribution in [0, 0.1) is 0 Å². The molecule has 0 aliphatic rings. The maximum Gasteiger partial charge on any atom is 0.460 e. The number of rotatable bonds is 20. The summed E-state index contributed by atoms with van der Waals surface area (Å²) in [7, 11) is 0. The van der Waals surface area contributed by atoms with Gasteiger partial charge in [0.15, 0.2) is 0 Å². The van der Waals surface area contributed by atoms with E-state index in [1.165, 1.54) is 13.8 Å². The molecule has 0 aromatic heterocycles. The first kappa shape index (κ1) is 49.1. The fourth-order valence-electron chi connectivity index (χ4n) is 3.74. The van der Waals surface area contributed by atoms with Crippen molar-refractivity contribution >= 4 is 0 Å². The van der Waals surface area contributed by atoms with Gasteiger partial charge in [0.2, 0.25) is 0 Å². The third kappa shape index (κ3) is 7.08. The van der Waals surface area contributed by atoms with Gasteiger partial charge >= 0.3 is 77.2 Å². The molecule has 0 unspecified atom stereocenters. The minimum absolute atomic E-state index is 0.0629. The number of nitrogens with zero attached hydrogens (tertiary/aromatic N) is 1. The van der Waals surface area contributed by atoms with Crippen LogP contribution in [0.4, 0.5) is 119 Å². The molecule has 0 atom stereocenters. The zero-order valence-corrected chi connectivity index (χ0v) is 24.8. The molecule has 0 spiro atoms.